The van der Waals surface area contributed by atoms with Crippen molar-refractivity contribution in [1.29, 1.82) is 0 Å². The van der Waals surface area contributed by atoms with Crippen LogP contribution in [-0.2, 0) is 6.54 Å². The Morgan fingerprint density at radius 1 is 1.62 bits per heavy atom. The molecular formula is C11H13N3OS. The molecule has 2 aromatic heterocycles. The van der Waals surface area contributed by atoms with Crippen molar-refractivity contribution in [3.05, 3.63) is 40.6 Å². The lowest BCUT2D eigenvalue weighted by molar-refractivity contribution is 0.0956. The van der Waals surface area contributed by atoms with Crippen LogP contribution in [0, 0.1) is 6.92 Å². The average molecular weight is 235 g/mol. The number of nitrogens with zero attached hydrogens (tertiary/aromatic N) is 2. The second-order valence-corrected chi connectivity index (χ2v) is 4.41. The molecule has 0 spiro atoms. The molecule has 0 aliphatic rings. The maximum atomic E-state index is 11.7. The van der Waals surface area contributed by atoms with E-state index in [2.05, 4.69) is 10.3 Å². The summed E-state index contributed by atoms with van der Waals surface area (Å²) in [6.45, 7) is 3.31. The number of hydrogen-bond donors (Lipinski definition) is 1. The average Bonchev–Trinajstić information content (AvgIpc) is 2.88. The summed E-state index contributed by atoms with van der Waals surface area (Å²) in [6.07, 6.45) is 5.34. The quantitative estimate of drug-likeness (QED) is 0.876. The minimum atomic E-state index is 0.00705. The molecule has 0 saturated carbocycles. The maximum absolute atomic E-state index is 11.7. The summed E-state index contributed by atoms with van der Waals surface area (Å²) in [5.74, 6) is 0.00705. The Bertz CT molecular complexity index is 461. The van der Waals surface area contributed by atoms with Crippen LogP contribution in [0.3, 0.4) is 0 Å². The van der Waals surface area contributed by atoms with Gasteiger partial charge in [-0.3, -0.25) is 4.79 Å². The molecule has 0 aliphatic heterocycles. The molecule has 0 radical (unpaired) electrons. The van der Waals surface area contributed by atoms with Gasteiger partial charge in [0.05, 0.1) is 11.2 Å². The fourth-order valence-corrected chi connectivity index (χ4v) is 2.24. The van der Waals surface area contributed by atoms with Gasteiger partial charge < -0.3 is 9.88 Å². The van der Waals surface area contributed by atoms with E-state index in [1.54, 1.807) is 12.5 Å². The molecule has 0 aliphatic carbocycles. The Morgan fingerprint density at radius 2 is 2.50 bits per heavy atom. The van der Waals surface area contributed by atoms with Crippen molar-refractivity contribution in [3.8, 4) is 0 Å². The van der Waals surface area contributed by atoms with Crippen molar-refractivity contribution in [1.82, 2.24) is 14.9 Å². The van der Waals surface area contributed by atoms with E-state index in [4.69, 9.17) is 0 Å². The number of aromatic nitrogens is 2. The van der Waals surface area contributed by atoms with Gasteiger partial charge in [-0.2, -0.15) is 0 Å². The molecule has 2 heterocycles. The molecular weight excluding hydrogens is 222 g/mol. The van der Waals surface area contributed by atoms with E-state index < -0.39 is 0 Å². The highest BCUT2D eigenvalue weighted by molar-refractivity contribution is 7.12. The van der Waals surface area contributed by atoms with Crippen LogP contribution in [0.25, 0.3) is 0 Å². The second kappa shape index (κ2) is 4.94. The van der Waals surface area contributed by atoms with E-state index in [1.165, 1.54) is 11.3 Å². The van der Waals surface area contributed by atoms with Gasteiger partial charge in [0.2, 0.25) is 0 Å². The first-order valence-corrected chi connectivity index (χ1v) is 5.93. The van der Waals surface area contributed by atoms with Gasteiger partial charge in [0.15, 0.2) is 0 Å². The van der Waals surface area contributed by atoms with Crippen LogP contribution in [0.2, 0.25) is 0 Å². The molecule has 2 aromatic rings. The van der Waals surface area contributed by atoms with E-state index >= 15 is 0 Å². The minimum absolute atomic E-state index is 0.00705. The molecule has 0 fully saturated rings. The number of carbonyl (C=O) groups excluding carboxylic acids is 1. The first-order chi connectivity index (χ1) is 7.77. The van der Waals surface area contributed by atoms with E-state index in [0.29, 0.717) is 6.54 Å². The summed E-state index contributed by atoms with van der Waals surface area (Å²) < 4.78 is 1.93. The van der Waals surface area contributed by atoms with Crippen molar-refractivity contribution >= 4 is 17.2 Å². The van der Waals surface area contributed by atoms with Crippen LogP contribution in [0.5, 0.6) is 0 Å². The van der Waals surface area contributed by atoms with Crippen molar-refractivity contribution in [2.45, 2.75) is 13.5 Å². The number of thiophene rings is 1. The molecule has 0 unspecified atom stereocenters. The van der Waals surface area contributed by atoms with Gasteiger partial charge in [-0.25, -0.2) is 4.98 Å². The normalized spacial score (nSPS) is 10.3. The Hall–Kier alpha value is -1.62. The van der Waals surface area contributed by atoms with Crippen molar-refractivity contribution in [3.63, 3.8) is 0 Å². The third-order valence-electron chi connectivity index (χ3n) is 2.28. The molecule has 0 atom stereocenters. The zero-order valence-electron chi connectivity index (χ0n) is 9.01. The van der Waals surface area contributed by atoms with Crippen LogP contribution >= 0.6 is 11.3 Å². The van der Waals surface area contributed by atoms with Crippen LogP contribution in [-0.4, -0.2) is 22.0 Å². The summed E-state index contributed by atoms with van der Waals surface area (Å²) in [4.78, 5) is 16.5. The number of nitrogens with one attached hydrogen (secondary N) is 1. The molecule has 0 saturated heterocycles. The monoisotopic (exact) mass is 235 g/mol. The second-order valence-electron chi connectivity index (χ2n) is 3.49. The Balaban J connectivity index is 1.83. The molecule has 0 aromatic carbocycles. The van der Waals surface area contributed by atoms with Crippen molar-refractivity contribution in [2.24, 2.45) is 0 Å². The van der Waals surface area contributed by atoms with Gasteiger partial charge in [-0.15, -0.1) is 11.3 Å². The van der Waals surface area contributed by atoms with Crippen LogP contribution in [0.4, 0.5) is 0 Å². The number of rotatable bonds is 4. The Kier molecular flexibility index (Phi) is 3.36. The predicted octanol–water partition coefficient (Wildman–Crippen LogP) is 1.68. The topological polar surface area (TPSA) is 46.9 Å². The molecule has 0 bridgehead atoms. The zero-order chi connectivity index (χ0) is 11.4. The van der Waals surface area contributed by atoms with Gasteiger partial charge in [0.1, 0.15) is 0 Å². The number of carbonyl (C=O) groups is 1. The van der Waals surface area contributed by atoms with Crippen LogP contribution in [0.15, 0.2) is 30.2 Å². The summed E-state index contributed by atoms with van der Waals surface area (Å²) >= 11 is 1.47. The van der Waals surface area contributed by atoms with E-state index in [0.717, 1.165) is 17.0 Å². The predicted molar refractivity (Wildman–Crippen MR) is 63.6 cm³/mol. The highest BCUT2D eigenvalue weighted by Crippen LogP contribution is 2.14. The van der Waals surface area contributed by atoms with E-state index in [9.17, 15) is 4.79 Å². The summed E-state index contributed by atoms with van der Waals surface area (Å²) in [5, 5.41) is 4.82. The van der Waals surface area contributed by atoms with Crippen LogP contribution < -0.4 is 5.32 Å². The van der Waals surface area contributed by atoms with Gasteiger partial charge in [0, 0.05) is 25.5 Å². The SMILES string of the molecule is Cc1ccsc1C(=O)NCCn1ccnc1. The lowest BCUT2D eigenvalue weighted by Crippen LogP contribution is -2.26. The van der Waals surface area contributed by atoms with Crippen LogP contribution in [0.1, 0.15) is 15.2 Å². The molecule has 16 heavy (non-hydrogen) atoms. The molecule has 2 rings (SSSR count). The van der Waals surface area contributed by atoms with Gasteiger partial charge in [-0.1, -0.05) is 0 Å². The first kappa shape index (κ1) is 10.9. The molecule has 84 valence electrons. The largest absolute Gasteiger partial charge is 0.350 e. The smallest absolute Gasteiger partial charge is 0.261 e. The summed E-state index contributed by atoms with van der Waals surface area (Å²) in [5.41, 5.74) is 1.03. The van der Waals surface area contributed by atoms with Gasteiger partial charge >= 0.3 is 0 Å². The molecule has 1 amide bonds. The zero-order valence-corrected chi connectivity index (χ0v) is 9.83. The van der Waals surface area contributed by atoms with Crippen molar-refractivity contribution < 1.29 is 4.79 Å². The fourth-order valence-electron chi connectivity index (χ4n) is 1.40. The first-order valence-electron chi connectivity index (χ1n) is 5.05. The number of aryl methyl sites for hydroxylation is 1. The highest BCUT2D eigenvalue weighted by Gasteiger charge is 2.08. The molecule has 4 nitrogen and oxygen atoms in total. The molecule has 1 N–H and O–H groups in total. The lowest BCUT2D eigenvalue weighted by atomic mass is 10.3. The number of hydrogen-bond acceptors (Lipinski definition) is 3. The number of amides is 1. The molecule has 5 heteroatoms. The Labute approximate surface area is 97.9 Å². The highest BCUT2D eigenvalue weighted by atomic mass is 32.1. The lowest BCUT2D eigenvalue weighted by Gasteiger charge is -2.04. The standard InChI is InChI=1S/C11H13N3OS/c1-9-2-7-16-10(9)11(15)13-4-6-14-5-3-12-8-14/h2-3,5,7-8H,4,6H2,1H3,(H,13,15). The summed E-state index contributed by atoms with van der Waals surface area (Å²) in [7, 11) is 0. The van der Waals surface area contributed by atoms with E-state index in [1.807, 2.05) is 29.1 Å². The summed E-state index contributed by atoms with van der Waals surface area (Å²) in [6, 6.07) is 1.95. The third-order valence-corrected chi connectivity index (χ3v) is 3.30. The third kappa shape index (κ3) is 2.49. The number of imidazole rings is 1. The maximum Gasteiger partial charge on any atom is 0.261 e. The van der Waals surface area contributed by atoms with E-state index in [-0.39, 0.29) is 5.91 Å². The van der Waals surface area contributed by atoms with Gasteiger partial charge in [-0.05, 0) is 23.9 Å². The Morgan fingerprint density at radius 3 is 3.12 bits per heavy atom. The fraction of sp³-hybridized carbons (Fsp3) is 0.273. The van der Waals surface area contributed by atoms with Gasteiger partial charge in [0.25, 0.3) is 5.91 Å². The minimum Gasteiger partial charge on any atom is -0.350 e. The van der Waals surface area contributed by atoms with Crippen molar-refractivity contribution in [2.75, 3.05) is 6.54 Å².